The third-order valence-corrected chi connectivity index (χ3v) is 7.55. The average molecular weight is 536 g/mol. The van der Waals surface area contributed by atoms with Gasteiger partial charge < -0.3 is 0 Å². The molecule has 0 saturated carbocycles. The second kappa shape index (κ2) is 8.53. The molecular formula is C18H13BrCl2N2O4S2. The molecule has 0 amide bonds. The summed E-state index contributed by atoms with van der Waals surface area (Å²) in [4.78, 5) is -0.135. The normalized spacial score (nSPS) is 11.8. The van der Waals surface area contributed by atoms with Crippen molar-refractivity contribution >= 4 is 70.6 Å². The van der Waals surface area contributed by atoms with Crippen LogP contribution in [0, 0.1) is 0 Å². The highest BCUT2D eigenvalue weighted by Crippen LogP contribution is 2.26. The van der Waals surface area contributed by atoms with E-state index in [4.69, 9.17) is 23.2 Å². The molecule has 29 heavy (non-hydrogen) atoms. The largest absolute Gasteiger partial charge is 0.280 e. The van der Waals surface area contributed by atoms with Crippen molar-refractivity contribution in [3.05, 3.63) is 81.2 Å². The molecule has 2 N–H and O–H groups in total. The number of nitrogens with one attached hydrogen (secondary N) is 2. The molecule has 0 heterocycles. The van der Waals surface area contributed by atoms with Gasteiger partial charge in [-0.1, -0.05) is 35.3 Å². The number of para-hydroxylation sites is 1. The summed E-state index contributed by atoms with van der Waals surface area (Å²) in [5.74, 6) is 0. The summed E-state index contributed by atoms with van der Waals surface area (Å²) in [5.41, 5.74) is 0.566. The molecule has 0 aliphatic heterocycles. The van der Waals surface area contributed by atoms with Crippen molar-refractivity contribution in [3.63, 3.8) is 0 Å². The molecule has 0 aliphatic carbocycles. The average Bonchev–Trinajstić information content (AvgIpc) is 2.63. The summed E-state index contributed by atoms with van der Waals surface area (Å²) in [6, 6.07) is 16.0. The Bertz CT molecular complexity index is 1250. The number of hydrogen-bond acceptors (Lipinski definition) is 4. The summed E-state index contributed by atoms with van der Waals surface area (Å²) < 4.78 is 55.5. The molecular weight excluding hydrogens is 523 g/mol. The molecule has 0 bridgehead atoms. The SMILES string of the molecule is O=S(=O)(Nc1ccc(S(=O)(=O)Nc2ccccc2Br)cc1)c1cc(Cl)cc(Cl)c1. The molecule has 0 spiro atoms. The molecule has 11 heteroatoms. The minimum Gasteiger partial charge on any atom is -0.280 e. The lowest BCUT2D eigenvalue weighted by atomic mass is 10.3. The number of rotatable bonds is 6. The lowest BCUT2D eigenvalue weighted by Gasteiger charge is -2.11. The van der Waals surface area contributed by atoms with Gasteiger partial charge in [0, 0.05) is 20.2 Å². The number of benzene rings is 3. The Morgan fingerprint density at radius 3 is 1.83 bits per heavy atom. The molecule has 0 fully saturated rings. The maximum Gasteiger partial charge on any atom is 0.261 e. The highest BCUT2D eigenvalue weighted by atomic mass is 79.9. The number of hydrogen-bond donors (Lipinski definition) is 2. The summed E-state index contributed by atoms with van der Waals surface area (Å²) in [6.45, 7) is 0. The summed E-state index contributed by atoms with van der Waals surface area (Å²) in [7, 11) is -7.80. The first-order valence-electron chi connectivity index (χ1n) is 7.93. The highest BCUT2D eigenvalue weighted by Gasteiger charge is 2.18. The van der Waals surface area contributed by atoms with Gasteiger partial charge in [0.2, 0.25) is 0 Å². The lowest BCUT2D eigenvalue weighted by molar-refractivity contribution is 0.600. The van der Waals surface area contributed by atoms with Crippen molar-refractivity contribution in [3.8, 4) is 0 Å². The van der Waals surface area contributed by atoms with E-state index in [1.165, 1.54) is 42.5 Å². The van der Waals surface area contributed by atoms with Crippen LogP contribution in [0.15, 0.2) is 81.0 Å². The smallest absolute Gasteiger partial charge is 0.261 e. The Hall–Kier alpha value is -1.78. The van der Waals surface area contributed by atoms with Crippen LogP contribution in [0.5, 0.6) is 0 Å². The van der Waals surface area contributed by atoms with Crippen molar-refractivity contribution in [2.75, 3.05) is 9.44 Å². The van der Waals surface area contributed by atoms with Crippen molar-refractivity contribution in [1.29, 1.82) is 0 Å². The number of anilines is 2. The van der Waals surface area contributed by atoms with E-state index >= 15 is 0 Å². The van der Waals surface area contributed by atoms with Crippen LogP contribution in [-0.4, -0.2) is 16.8 Å². The zero-order valence-electron chi connectivity index (χ0n) is 14.4. The van der Waals surface area contributed by atoms with Gasteiger partial charge in [-0.15, -0.1) is 0 Å². The summed E-state index contributed by atoms with van der Waals surface area (Å²) in [6.07, 6.45) is 0. The molecule has 6 nitrogen and oxygen atoms in total. The van der Waals surface area contributed by atoms with Crippen molar-refractivity contribution in [2.24, 2.45) is 0 Å². The van der Waals surface area contributed by atoms with Crippen LogP contribution >= 0.6 is 39.1 Å². The molecule has 3 aromatic rings. The topological polar surface area (TPSA) is 92.3 Å². The van der Waals surface area contributed by atoms with Gasteiger partial charge in [-0.2, -0.15) is 0 Å². The molecule has 0 aromatic heterocycles. The number of halogens is 3. The third-order valence-electron chi connectivity index (χ3n) is 3.68. The second-order valence-electron chi connectivity index (χ2n) is 5.82. The highest BCUT2D eigenvalue weighted by molar-refractivity contribution is 9.10. The molecule has 0 radical (unpaired) electrons. The first-order chi connectivity index (χ1) is 13.6. The molecule has 3 rings (SSSR count). The maximum absolute atomic E-state index is 12.5. The van der Waals surface area contributed by atoms with E-state index in [0.29, 0.717) is 10.2 Å². The van der Waals surface area contributed by atoms with Gasteiger partial charge >= 0.3 is 0 Å². The van der Waals surface area contributed by atoms with E-state index < -0.39 is 20.0 Å². The molecule has 0 aliphatic rings. The van der Waals surface area contributed by atoms with Gasteiger partial charge in [0.15, 0.2) is 0 Å². The lowest BCUT2D eigenvalue weighted by Crippen LogP contribution is -2.15. The van der Waals surface area contributed by atoms with Gasteiger partial charge in [-0.05, 0) is 70.5 Å². The van der Waals surface area contributed by atoms with E-state index in [1.54, 1.807) is 24.3 Å². The molecule has 3 aromatic carbocycles. The van der Waals surface area contributed by atoms with Crippen LogP contribution in [0.2, 0.25) is 10.0 Å². The maximum atomic E-state index is 12.5. The molecule has 0 unspecified atom stereocenters. The van der Waals surface area contributed by atoms with Crippen LogP contribution in [0.1, 0.15) is 0 Å². The van der Waals surface area contributed by atoms with E-state index in [1.807, 2.05) is 0 Å². The predicted octanol–water partition coefficient (Wildman–Crippen LogP) is 5.36. The number of sulfonamides is 2. The van der Waals surface area contributed by atoms with Crippen molar-refractivity contribution in [2.45, 2.75) is 9.79 Å². The van der Waals surface area contributed by atoms with E-state index in [0.717, 1.165) is 0 Å². The Morgan fingerprint density at radius 2 is 1.24 bits per heavy atom. The Kier molecular flexibility index (Phi) is 6.45. The molecule has 0 atom stereocenters. The molecule has 0 saturated heterocycles. The van der Waals surface area contributed by atoms with Crippen molar-refractivity contribution in [1.82, 2.24) is 0 Å². The predicted molar refractivity (Wildman–Crippen MR) is 119 cm³/mol. The standard InChI is InChI=1S/C18H13BrCl2N2O4S2/c19-17-3-1-2-4-18(17)23-28(24,25)15-7-5-14(6-8-15)22-29(26,27)16-10-12(20)9-13(21)11-16/h1-11,22-23H. The van der Waals surface area contributed by atoms with E-state index in [-0.39, 0.29) is 25.5 Å². The Balaban J connectivity index is 1.82. The Labute approximate surface area is 187 Å². The van der Waals surface area contributed by atoms with Gasteiger partial charge in [0.25, 0.3) is 20.0 Å². The van der Waals surface area contributed by atoms with Gasteiger partial charge in [-0.25, -0.2) is 16.8 Å². The van der Waals surface area contributed by atoms with Crippen LogP contribution in [0.4, 0.5) is 11.4 Å². The van der Waals surface area contributed by atoms with Gasteiger partial charge in [-0.3, -0.25) is 9.44 Å². The minimum absolute atomic E-state index is 0.0259. The summed E-state index contributed by atoms with van der Waals surface area (Å²) >= 11 is 15.0. The van der Waals surface area contributed by atoms with Crippen LogP contribution in [-0.2, 0) is 20.0 Å². The fraction of sp³-hybridized carbons (Fsp3) is 0. The van der Waals surface area contributed by atoms with Crippen LogP contribution in [0.25, 0.3) is 0 Å². The van der Waals surface area contributed by atoms with E-state index in [2.05, 4.69) is 25.4 Å². The third kappa shape index (κ3) is 5.43. The van der Waals surface area contributed by atoms with E-state index in [9.17, 15) is 16.8 Å². The van der Waals surface area contributed by atoms with Crippen molar-refractivity contribution < 1.29 is 16.8 Å². The monoisotopic (exact) mass is 534 g/mol. The fourth-order valence-electron chi connectivity index (χ4n) is 2.35. The minimum atomic E-state index is -3.95. The van der Waals surface area contributed by atoms with Gasteiger partial charge in [0.1, 0.15) is 0 Å². The summed E-state index contributed by atoms with van der Waals surface area (Å²) in [5, 5.41) is 0.356. The quantitative estimate of drug-likeness (QED) is 0.444. The Morgan fingerprint density at radius 1 is 0.690 bits per heavy atom. The first-order valence-corrected chi connectivity index (χ1v) is 12.4. The fourth-order valence-corrected chi connectivity index (χ4v) is 5.73. The first kappa shape index (κ1) is 21.9. The van der Waals surface area contributed by atoms with Crippen LogP contribution in [0.3, 0.4) is 0 Å². The molecule has 152 valence electrons. The zero-order chi connectivity index (χ0) is 21.2. The van der Waals surface area contributed by atoms with Gasteiger partial charge in [0.05, 0.1) is 15.5 Å². The van der Waals surface area contributed by atoms with Crippen LogP contribution < -0.4 is 9.44 Å². The zero-order valence-corrected chi connectivity index (χ0v) is 19.2. The second-order valence-corrected chi connectivity index (χ2v) is 10.9.